The van der Waals surface area contributed by atoms with Crippen LogP contribution in [0.5, 0.6) is 0 Å². The number of azo groups is 1. The van der Waals surface area contributed by atoms with Crippen LogP contribution in [0.4, 0.5) is 11.5 Å². The topological polar surface area (TPSA) is 42.0 Å². The quantitative estimate of drug-likeness (QED) is 0.532. The number of rotatable bonds is 2. The number of hydrogen-bond acceptors (Lipinski definition) is 3. The van der Waals surface area contributed by atoms with Crippen LogP contribution in [0.15, 0.2) is 52.8 Å². The smallest absolute Gasteiger partial charge is 0.183 e. The maximum absolute atomic E-state index is 6.13. The van der Waals surface area contributed by atoms with Gasteiger partial charge < -0.3 is 0 Å². The fourth-order valence-electron chi connectivity index (χ4n) is 2.40. The second-order valence-electron chi connectivity index (χ2n) is 6.65. The molecule has 0 aliphatic rings. The highest BCUT2D eigenvalue weighted by Crippen LogP contribution is 2.33. The lowest BCUT2D eigenvalue weighted by Gasteiger charge is -2.15. The van der Waals surface area contributed by atoms with Gasteiger partial charge in [0, 0.05) is 11.6 Å². The third-order valence-electron chi connectivity index (χ3n) is 3.53. The van der Waals surface area contributed by atoms with Crippen LogP contribution < -0.4 is 0 Å². The van der Waals surface area contributed by atoms with E-state index in [1.165, 1.54) is 0 Å². The Morgan fingerprint density at radius 3 is 2.57 bits per heavy atom. The van der Waals surface area contributed by atoms with Crippen molar-refractivity contribution in [3.05, 3.63) is 58.9 Å². The van der Waals surface area contributed by atoms with Crippen LogP contribution in [0.25, 0.3) is 5.65 Å². The maximum atomic E-state index is 6.13. The van der Waals surface area contributed by atoms with Crippen LogP contribution in [0, 0.1) is 6.92 Å². The number of nitrogens with zero attached hydrogens (tertiary/aromatic N) is 4. The molecule has 0 unspecified atom stereocenters. The summed E-state index contributed by atoms with van der Waals surface area (Å²) in [7, 11) is 0. The number of imidazole rings is 1. The van der Waals surface area contributed by atoms with E-state index in [-0.39, 0.29) is 5.41 Å². The first-order valence-electron chi connectivity index (χ1n) is 7.51. The van der Waals surface area contributed by atoms with E-state index in [9.17, 15) is 0 Å². The van der Waals surface area contributed by atoms with E-state index in [4.69, 9.17) is 16.6 Å². The molecule has 3 rings (SSSR count). The van der Waals surface area contributed by atoms with Crippen molar-refractivity contribution >= 4 is 28.8 Å². The van der Waals surface area contributed by atoms with Gasteiger partial charge in [0.2, 0.25) is 0 Å². The summed E-state index contributed by atoms with van der Waals surface area (Å²) in [6, 6.07) is 11.7. The van der Waals surface area contributed by atoms with Crippen molar-refractivity contribution in [2.24, 2.45) is 10.2 Å². The molecule has 0 N–H and O–H groups in total. The van der Waals surface area contributed by atoms with Gasteiger partial charge in [0.05, 0.1) is 16.4 Å². The van der Waals surface area contributed by atoms with Gasteiger partial charge in [-0.25, -0.2) is 4.98 Å². The van der Waals surface area contributed by atoms with Gasteiger partial charge in [-0.15, -0.1) is 10.2 Å². The zero-order chi connectivity index (χ0) is 16.6. The van der Waals surface area contributed by atoms with Crippen molar-refractivity contribution in [2.45, 2.75) is 33.1 Å². The van der Waals surface area contributed by atoms with Crippen LogP contribution in [0.1, 0.15) is 32.0 Å². The van der Waals surface area contributed by atoms with Gasteiger partial charge in [-0.2, -0.15) is 0 Å². The molecular formula is C18H19ClN4. The summed E-state index contributed by atoms with van der Waals surface area (Å²) in [6.07, 6.45) is 1.82. The molecule has 2 aromatic heterocycles. The minimum atomic E-state index is -0.139. The van der Waals surface area contributed by atoms with E-state index in [0.717, 1.165) is 28.4 Å². The van der Waals surface area contributed by atoms with E-state index >= 15 is 0 Å². The van der Waals surface area contributed by atoms with Crippen LogP contribution in [0.3, 0.4) is 0 Å². The molecule has 0 radical (unpaired) electrons. The predicted octanol–water partition coefficient (Wildman–Crippen LogP) is 6.01. The molecule has 5 heteroatoms. The first-order chi connectivity index (χ1) is 10.8. The number of hydrogen-bond donors (Lipinski definition) is 0. The third kappa shape index (κ3) is 3.27. The molecule has 0 atom stereocenters. The predicted molar refractivity (Wildman–Crippen MR) is 94.3 cm³/mol. The molecule has 0 saturated carbocycles. The SMILES string of the molecule is Cc1cccc(N=Nc2c(C(C)(C)C)nc3ccc(Cl)cn23)c1. The number of halogens is 1. The van der Waals surface area contributed by atoms with E-state index in [2.05, 4.69) is 31.0 Å². The molecule has 0 saturated heterocycles. The summed E-state index contributed by atoms with van der Waals surface area (Å²) in [4.78, 5) is 4.71. The number of fused-ring (bicyclic) bond motifs is 1. The van der Waals surface area contributed by atoms with Crippen molar-refractivity contribution in [1.29, 1.82) is 0 Å². The molecule has 0 spiro atoms. The monoisotopic (exact) mass is 326 g/mol. The largest absolute Gasteiger partial charge is 0.281 e. The average molecular weight is 327 g/mol. The molecule has 0 aliphatic heterocycles. The minimum Gasteiger partial charge on any atom is -0.281 e. The maximum Gasteiger partial charge on any atom is 0.183 e. The number of benzene rings is 1. The molecule has 0 fully saturated rings. The lowest BCUT2D eigenvalue weighted by molar-refractivity contribution is 0.574. The van der Waals surface area contributed by atoms with Crippen molar-refractivity contribution in [3.8, 4) is 0 Å². The molecule has 3 aromatic rings. The van der Waals surface area contributed by atoms with Gasteiger partial charge in [-0.05, 0) is 36.8 Å². The zero-order valence-corrected chi connectivity index (χ0v) is 14.5. The van der Waals surface area contributed by atoms with Gasteiger partial charge in [0.1, 0.15) is 5.65 Å². The van der Waals surface area contributed by atoms with Gasteiger partial charge in [-0.1, -0.05) is 44.5 Å². The van der Waals surface area contributed by atoms with Crippen LogP contribution in [-0.2, 0) is 5.41 Å². The molecule has 2 heterocycles. The van der Waals surface area contributed by atoms with Crippen molar-refractivity contribution in [2.75, 3.05) is 0 Å². The molecule has 1 aromatic carbocycles. The summed E-state index contributed by atoms with van der Waals surface area (Å²) >= 11 is 6.13. The third-order valence-corrected chi connectivity index (χ3v) is 3.75. The highest BCUT2D eigenvalue weighted by molar-refractivity contribution is 6.30. The van der Waals surface area contributed by atoms with Gasteiger partial charge in [-0.3, -0.25) is 4.40 Å². The fraction of sp³-hybridized carbons (Fsp3) is 0.278. The summed E-state index contributed by atoms with van der Waals surface area (Å²) < 4.78 is 1.89. The van der Waals surface area contributed by atoms with Gasteiger partial charge in [0.25, 0.3) is 0 Å². The summed E-state index contributed by atoms with van der Waals surface area (Å²) in [6.45, 7) is 8.37. The Bertz CT molecular complexity index is 888. The lowest BCUT2D eigenvalue weighted by Crippen LogP contribution is -2.11. The van der Waals surface area contributed by atoms with Crippen LogP contribution in [-0.4, -0.2) is 9.38 Å². The number of pyridine rings is 1. The average Bonchev–Trinajstić information content (AvgIpc) is 2.83. The first-order valence-corrected chi connectivity index (χ1v) is 7.89. The Labute approximate surface area is 140 Å². The van der Waals surface area contributed by atoms with Gasteiger partial charge in [0.15, 0.2) is 5.82 Å². The van der Waals surface area contributed by atoms with Crippen molar-refractivity contribution in [1.82, 2.24) is 9.38 Å². The number of aromatic nitrogens is 2. The van der Waals surface area contributed by atoms with Crippen LogP contribution >= 0.6 is 11.6 Å². The van der Waals surface area contributed by atoms with Crippen LogP contribution in [0.2, 0.25) is 5.02 Å². The Hall–Kier alpha value is -2.20. The Morgan fingerprint density at radius 2 is 1.87 bits per heavy atom. The second kappa shape index (κ2) is 5.78. The van der Waals surface area contributed by atoms with Crippen molar-refractivity contribution < 1.29 is 0 Å². The summed E-state index contributed by atoms with van der Waals surface area (Å²) in [5.74, 6) is 0.719. The Morgan fingerprint density at radius 1 is 1.09 bits per heavy atom. The Balaban J connectivity index is 2.16. The molecule has 0 amide bonds. The molecule has 23 heavy (non-hydrogen) atoms. The fourth-order valence-corrected chi connectivity index (χ4v) is 2.56. The lowest BCUT2D eigenvalue weighted by atomic mass is 9.92. The van der Waals surface area contributed by atoms with Crippen molar-refractivity contribution in [3.63, 3.8) is 0 Å². The number of aryl methyl sites for hydroxylation is 1. The highest BCUT2D eigenvalue weighted by atomic mass is 35.5. The molecule has 118 valence electrons. The van der Waals surface area contributed by atoms with E-state index in [0.29, 0.717) is 5.02 Å². The molecule has 0 bridgehead atoms. The first kappa shape index (κ1) is 15.7. The normalized spacial score (nSPS) is 12.4. The van der Waals surface area contributed by atoms with E-state index in [1.54, 1.807) is 0 Å². The second-order valence-corrected chi connectivity index (χ2v) is 7.08. The summed E-state index contributed by atoms with van der Waals surface area (Å²) in [5, 5.41) is 9.51. The highest BCUT2D eigenvalue weighted by Gasteiger charge is 2.24. The molecular weight excluding hydrogens is 308 g/mol. The Kier molecular flexibility index (Phi) is 3.94. The van der Waals surface area contributed by atoms with E-state index < -0.39 is 0 Å². The van der Waals surface area contributed by atoms with Gasteiger partial charge >= 0.3 is 0 Å². The van der Waals surface area contributed by atoms with E-state index in [1.807, 2.05) is 53.9 Å². The molecule has 4 nitrogen and oxygen atoms in total. The molecule has 0 aliphatic carbocycles. The standard InChI is InChI=1S/C18H19ClN4/c1-12-6-5-7-14(10-12)21-22-17-16(18(2,3)4)20-15-9-8-13(19)11-23(15)17/h5-11H,1-4H3. The minimum absolute atomic E-state index is 0.139. The summed E-state index contributed by atoms with van der Waals surface area (Å²) in [5.41, 5.74) is 3.55. The zero-order valence-electron chi connectivity index (χ0n) is 13.7.